The third-order valence-electron chi connectivity index (χ3n) is 4.49. The third kappa shape index (κ3) is 3.82. The lowest BCUT2D eigenvalue weighted by molar-refractivity contribution is 0.137. The van der Waals surface area contributed by atoms with Crippen molar-refractivity contribution in [1.82, 2.24) is 0 Å². The number of hydrogen-bond donors (Lipinski definition) is 0. The average Bonchev–Trinajstić information content (AvgIpc) is 2.56. The first kappa shape index (κ1) is 16.2. The van der Waals surface area contributed by atoms with Crippen LogP contribution in [0.1, 0.15) is 42.7 Å². The van der Waals surface area contributed by atoms with Gasteiger partial charge in [-0.15, -0.1) is 0 Å². The largest absolute Gasteiger partial charge is 0.297 e. The molecule has 2 atom stereocenters. The van der Waals surface area contributed by atoms with Crippen LogP contribution in [-0.2, 0) is 14.3 Å². The Morgan fingerprint density at radius 1 is 0.913 bits per heavy atom. The first-order chi connectivity index (χ1) is 11.1. The molecule has 0 aromatic heterocycles. The van der Waals surface area contributed by atoms with Gasteiger partial charge in [-0.05, 0) is 37.5 Å². The van der Waals surface area contributed by atoms with Gasteiger partial charge >= 0.3 is 0 Å². The zero-order valence-electron chi connectivity index (χ0n) is 13.3. The molecule has 2 aromatic carbocycles. The molecule has 3 rings (SSSR count). The van der Waals surface area contributed by atoms with E-state index < -0.39 is 10.1 Å². The summed E-state index contributed by atoms with van der Waals surface area (Å²) in [5.41, 5.74) is 2.19. The molecule has 1 aliphatic rings. The molecule has 0 aliphatic heterocycles. The maximum Gasteiger partial charge on any atom is 0.297 e. The van der Waals surface area contributed by atoms with Crippen LogP contribution < -0.4 is 0 Å². The summed E-state index contributed by atoms with van der Waals surface area (Å²) >= 11 is 0. The fourth-order valence-corrected chi connectivity index (χ4v) is 4.35. The minimum atomic E-state index is -3.72. The van der Waals surface area contributed by atoms with Crippen molar-refractivity contribution in [2.24, 2.45) is 0 Å². The zero-order chi connectivity index (χ0) is 16.3. The third-order valence-corrected chi connectivity index (χ3v) is 5.84. The van der Waals surface area contributed by atoms with Crippen LogP contribution >= 0.6 is 0 Å². The zero-order valence-corrected chi connectivity index (χ0v) is 14.1. The highest BCUT2D eigenvalue weighted by Crippen LogP contribution is 2.36. The Morgan fingerprint density at radius 3 is 2.26 bits per heavy atom. The summed E-state index contributed by atoms with van der Waals surface area (Å²) in [7, 11) is -3.72. The Hall–Kier alpha value is -1.65. The highest BCUT2D eigenvalue weighted by Gasteiger charge is 2.31. The fourth-order valence-electron chi connectivity index (χ4n) is 3.22. The van der Waals surface area contributed by atoms with Gasteiger partial charge in [0.05, 0.1) is 11.0 Å². The Balaban J connectivity index is 1.83. The Bertz CT molecular complexity index is 736. The lowest BCUT2D eigenvalue weighted by Gasteiger charge is -2.31. The van der Waals surface area contributed by atoms with Crippen LogP contribution in [0.2, 0.25) is 0 Å². The fraction of sp³-hybridized carbons (Fsp3) is 0.368. The summed E-state index contributed by atoms with van der Waals surface area (Å²) in [5, 5.41) is 0. The molecule has 0 heterocycles. The molecule has 0 saturated heterocycles. The quantitative estimate of drug-likeness (QED) is 0.779. The summed E-state index contributed by atoms with van der Waals surface area (Å²) in [6.07, 6.45) is 3.60. The molecule has 4 heteroatoms. The highest BCUT2D eigenvalue weighted by atomic mass is 32.2. The van der Waals surface area contributed by atoms with Crippen molar-refractivity contribution in [2.45, 2.75) is 49.5 Å². The smallest absolute Gasteiger partial charge is 0.262 e. The summed E-state index contributed by atoms with van der Waals surface area (Å²) in [6.45, 7) is 1.93. The molecule has 122 valence electrons. The van der Waals surface area contributed by atoms with E-state index in [1.54, 1.807) is 24.3 Å². The number of aryl methyl sites for hydroxylation is 1. The molecule has 1 aliphatic carbocycles. The predicted molar refractivity (Wildman–Crippen MR) is 90.9 cm³/mol. The van der Waals surface area contributed by atoms with E-state index in [0.29, 0.717) is 0 Å². The van der Waals surface area contributed by atoms with Gasteiger partial charge in [-0.1, -0.05) is 60.9 Å². The van der Waals surface area contributed by atoms with Gasteiger partial charge in [-0.25, -0.2) is 0 Å². The van der Waals surface area contributed by atoms with E-state index in [4.69, 9.17) is 4.18 Å². The van der Waals surface area contributed by atoms with Crippen LogP contribution in [0.15, 0.2) is 59.5 Å². The first-order valence-corrected chi connectivity index (χ1v) is 9.52. The second kappa shape index (κ2) is 6.85. The van der Waals surface area contributed by atoms with Crippen molar-refractivity contribution in [2.75, 3.05) is 0 Å². The lowest BCUT2D eigenvalue weighted by Crippen LogP contribution is -2.28. The maximum atomic E-state index is 12.6. The van der Waals surface area contributed by atoms with Gasteiger partial charge in [-0.3, -0.25) is 4.18 Å². The second-order valence-electron chi connectivity index (χ2n) is 6.20. The van der Waals surface area contributed by atoms with Gasteiger partial charge in [0.1, 0.15) is 0 Å². The van der Waals surface area contributed by atoms with E-state index in [0.717, 1.165) is 36.8 Å². The molecule has 2 aromatic rings. The molecule has 1 saturated carbocycles. The standard InChI is InChI=1S/C19H22O3S/c1-15-11-13-17(14-12-15)23(20,21)22-19-10-6-5-9-18(19)16-7-3-2-4-8-16/h2-4,7-8,11-14,18-19H,5-6,9-10H2,1H3. The van der Waals surface area contributed by atoms with Gasteiger partial charge in [0.2, 0.25) is 0 Å². The van der Waals surface area contributed by atoms with Gasteiger partial charge in [-0.2, -0.15) is 8.42 Å². The van der Waals surface area contributed by atoms with Crippen LogP contribution in [0.25, 0.3) is 0 Å². The first-order valence-electron chi connectivity index (χ1n) is 8.11. The van der Waals surface area contributed by atoms with Gasteiger partial charge < -0.3 is 0 Å². The summed E-state index contributed by atoms with van der Waals surface area (Å²) < 4.78 is 30.8. The number of rotatable bonds is 4. The topological polar surface area (TPSA) is 43.4 Å². The van der Waals surface area contributed by atoms with E-state index in [2.05, 4.69) is 12.1 Å². The van der Waals surface area contributed by atoms with E-state index >= 15 is 0 Å². The van der Waals surface area contributed by atoms with Crippen molar-refractivity contribution in [3.63, 3.8) is 0 Å². The van der Waals surface area contributed by atoms with Crippen LogP contribution in [0.3, 0.4) is 0 Å². The minimum absolute atomic E-state index is 0.144. The van der Waals surface area contributed by atoms with Crippen LogP contribution in [0.4, 0.5) is 0 Å². The maximum absolute atomic E-state index is 12.6. The molecule has 23 heavy (non-hydrogen) atoms. The van der Waals surface area contributed by atoms with Crippen molar-refractivity contribution in [3.05, 3.63) is 65.7 Å². The Labute approximate surface area is 138 Å². The molecular formula is C19H22O3S. The average molecular weight is 330 g/mol. The molecule has 0 amide bonds. The Kier molecular flexibility index (Phi) is 4.83. The lowest BCUT2D eigenvalue weighted by atomic mass is 9.82. The van der Waals surface area contributed by atoms with Crippen molar-refractivity contribution in [1.29, 1.82) is 0 Å². The van der Waals surface area contributed by atoms with E-state index in [1.807, 2.05) is 25.1 Å². The molecule has 0 radical (unpaired) electrons. The summed E-state index contributed by atoms with van der Waals surface area (Å²) in [5.74, 6) is 0.144. The summed E-state index contributed by atoms with van der Waals surface area (Å²) in [4.78, 5) is 0.237. The van der Waals surface area contributed by atoms with Gasteiger partial charge in [0.25, 0.3) is 10.1 Å². The normalized spacial score (nSPS) is 22.0. The van der Waals surface area contributed by atoms with Crippen LogP contribution in [0, 0.1) is 6.92 Å². The molecule has 3 nitrogen and oxygen atoms in total. The second-order valence-corrected chi connectivity index (χ2v) is 7.78. The van der Waals surface area contributed by atoms with E-state index in [-0.39, 0.29) is 16.9 Å². The SMILES string of the molecule is Cc1ccc(S(=O)(=O)OC2CCCCC2c2ccccc2)cc1. The molecule has 2 unspecified atom stereocenters. The molecule has 0 N–H and O–H groups in total. The minimum Gasteiger partial charge on any atom is -0.262 e. The van der Waals surface area contributed by atoms with Crippen molar-refractivity contribution in [3.8, 4) is 0 Å². The highest BCUT2D eigenvalue weighted by molar-refractivity contribution is 7.86. The Morgan fingerprint density at radius 2 is 1.57 bits per heavy atom. The van der Waals surface area contributed by atoms with Crippen molar-refractivity contribution < 1.29 is 12.6 Å². The molecule has 1 fully saturated rings. The summed E-state index contributed by atoms with van der Waals surface area (Å²) in [6, 6.07) is 16.9. The van der Waals surface area contributed by atoms with Crippen LogP contribution in [-0.4, -0.2) is 14.5 Å². The molecule has 0 bridgehead atoms. The van der Waals surface area contributed by atoms with Gasteiger partial charge in [0.15, 0.2) is 0 Å². The number of benzene rings is 2. The monoisotopic (exact) mass is 330 g/mol. The molecular weight excluding hydrogens is 308 g/mol. The van der Waals surface area contributed by atoms with Crippen molar-refractivity contribution >= 4 is 10.1 Å². The number of hydrogen-bond acceptors (Lipinski definition) is 3. The predicted octanol–water partition coefficient (Wildman–Crippen LogP) is 4.43. The van der Waals surface area contributed by atoms with E-state index in [9.17, 15) is 8.42 Å². The molecule has 0 spiro atoms. The van der Waals surface area contributed by atoms with Crippen LogP contribution in [0.5, 0.6) is 0 Å². The van der Waals surface area contributed by atoms with E-state index in [1.165, 1.54) is 0 Å². The van der Waals surface area contributed by atoms with Gasteiger partial charge in [0, 0.05) is 5.92 Å².